The van der Waals surface area contributed by atoms with Gasteiger partial charge in [0, 0.05) is 26.7 Å². The fourth-order valence-corrected chi connectivity index (χ4v) is 2.43. The number of hydrogen-bond donors (Lipinski definition) is 1. The van der Waals surface area contributed by atoms with Gasteiger partial charge in [-0.25, -0.2) is 0 Å². The van der Waals surface area contributed by atoms with Gasteiger partial charge in [-0.15, -0.1) is 0 Å². The molecule has 1 aromatic carbocycles. The van der Waals surface area contributed by atoms with E-state index in [1.54, 1.807) is 4.90 Å². The summed E-state index contributed by atoms with van der Waals surface area (Å²) in [6.45, 7) is 5.68. The van der Waals surface area contributed by atoms with E-state index in [0.29, 0.717) is 18.7 Å². The normalized spacial score (nSPS) is 15.2. The van der Waals surface area contributed by atoms with Gasteiger partial charge in [-0.1, -0.05) is 13.0 Å². The first kappa shape index (κ1) is 15.3. The SMILES string of the molecule is CCCNCc1ccc(N2CCN(C)C(=O)C2)c(C#N)c1. The number of hydrogen-bond acceptors (Lipinski definition) is 4. The second-order valence-electron chi connectivity index (χ2n) is 5.38. The van der Waals surface area contributed by atoms with Crippen molar-refractivity contribution in [1.82, 2.24) is 10.2 Å². The zero-order valence-corrected chi connectivity index (χ0v) is 12.7. The van der Waals surface area contributed by atoms with Gasteiger partial charge in [-0.2, -0.15) is 5.26 Å². The average molecular weight is 286 g/mol. The van der Waals surface area contributed by atoms with E-state index >= 15 is 0 Å². The van der Waals surface area contributed by atoms with Gasteiger partial charge in [-0.05, 0) is 30.7 Å². The standard InChI is InChI=1S/C16H22N4O/c1-3-6-18-11-13-4-5-15(14(9-13)10-17)20-8-7-19(2)16(21)12-20/h4-5,9,18H,3,6-8,11-12H2,1-2H3. The second-order valence-corrected chi connectivity index (χ2v) is 5.38. The molecule has 1 aromatic rings. The summed E-state index contributed by atoms with van der Waals surface area (Å²) in [5.74, 6) is 0.0961. The van der Waals surface area contributed by atoms with Gasteiger partial charge in [0.15, 0.2) is 0 Å². The highest BCUT2D eigenvalue weighted by Crippen LogP contribution is 2.23. The molecule has 1 heterocycles. The molecular weight excluding hydrogens is 264 g/mol. The lowest BCUT2D eigenvalue weighted by atomic mass is 10.1. The van der Waals surface area contributed by atoms with Crippen molar-refractivity contribution in [2.45, 2.75) is 19.9 Å². The Morgan fingerprint density at radius 3 is 2.86 bits per heavy atom. The van der Waals surface area contributed by atoms with E-state index in [1.807, 2.05) is 30.1 Å². The highest BCUT2D eigenvalue weighted by molar-refractivity contribution is 5.83. The van der Waals surface area contributed by atoms with Crippen LogP contribution in [0.3, 0.4) is 0 Å². The Labute approximate surface area is 126 Å². The number of nitriles is 1. The zero-order chi connectivity index (χ0) is 15.2. The molecule has 0 saturated carbocycles. The third kappa shape index (κ3) is 3.73. The lowest BCUT2D eigenvalue weighted by Gasteiger charge is -2.34. The molecule has 112 valence electrons. The number of likely N-dealkylation sites (N-methyl/N-ethyl adjacent to an activating group) is 1. The number of rotatable bonds is 5. The van der Waals surface area contributed by atoms with E-state index in [2.05, 4.69) is 18.3 Å². The predicted octanol–water partition coefficient (Wildman–Crippen LogP) is 1.34. The third-order valence-electron chi connectivity index (χ3n) is 3.74. The van der Waals surface area contributed by atoms with Crippen molar-refractivity contribution in [3.63, 3.8) is 0 Å². The first-order chi connectivity index (χ1) is 10.2. The van der Waals surface area contributed by atoms with Crippen LogP contribution in [0.1, 0.15) is 24.5 Å². The van der Waals surface area contributed by atoms with E-state index in [1.165, 1.54) is 0 Å². The van der Waals surface area contributed by atoms with Crippen LogP contribution in [0, 0.1) is 11.3 Å². The van der Waals surface area contributed by atoms with E-state index in [4.69, 9.17) is 0 Å². The fourth-order valence-electron chi connectivity index (χ4n) is 2.43. The molecule has 1 amide bonds. The van der Waals surface area contributed by atoms with Crippen LogP contribution < -0.4 is 10.2 Å². The minimum Gasteiger partial charge on any atom is -0.359 e. The van der Waals surface area contributed by atoms with Crippen LogP contribution in [0.5, 0.6) is 0 Å². The van der Waals surface area contributed by atoms with Crippen molar-refractivity contribution in [2.75, 3.05) is 38.1 Å². The van der Waals surface area contributed by atoms with Gasteiger partial charge >= 0.3 is 0 Å². The summed E-state index contributed by atoms with van der Waals surface area (Å²) < 4.78 is 0. The fraction of sp³-hybridized carbons (Fsp3) is 0.500. The Kier molecular flexibility index (Phi) is 5.18. The molecule has 1 fully saturated rings. The van der Waals surface area contributed by atoms with Gasteiger partial charge in [0.1, 0.15) is 6.07 Å². The van der Waals surface area contributed by atoms with Crippen molar-refractivity contribution in [1.29, 1.82) is 5.26 Å². The van der Waals surface area contributed by atoms with Gasteiger partial charge in [0.05, 0.1) is 17.8 Å². The van der Waals surface area contributed by atoms with Gasteiger partial charge in [-0.3, -0.25) is 4.79 Å². The molecule has 0 atom stereocenters. The Morgan fingerprint density at radius 1 is 1.38 bits per heavy atom. The lowest BCUT2D eigenvalue weighted by molar-refractivity contribution is -0.129. The molecule has 2 rings (SSSR count). The minimum absolute atomic E-state index is 0.0961. The summed E-state index contributed by atoms with van der Waals surface area (Å²) in [4.78, 5) is 15.5. The molecule has 21 heavy (non-hydrogen) atoms. The highest BCUT2D eigenvalue weighted by atomic mass is 16.2. The number of anilines is 1. The van der Waals surface area contributed by atoms with Crippen LogP contribution in [0.4, 0.5) is 5.69 Å². The van der Waals surface area contributed by atoms with Crippen LogP contribution >= 0.6 is 0 Å². The quantitative estimate of drug-likeness (QED) is 0.830. The first-order valence-corrected chi connectivity index (χ1v) is 7.38. The first-order valence-electron chi connectivity index (χ1n) is 7.38. The summed E-state index contributed by atoms with van der Waals surface area (Å²) in [5.41, 5.74) is 2.60. The van der Waals surface area contributed by atoms with Gasteiger partial charge < -0.3 is 15.1 Å². The Bertz CT molecular complexity index is 550. The molecule has 0 spiro atoms. The molecule has 0 aliphatic carbocycles. The summed E-state index contributed by atoms with van der Waals surface area (Å²) in [6.07, 6.45) is 1.09. The Hall–Kier alpha value is -2.06. The summed E-state index contributed by atoms with van der Waals surface area (Å²) in [7, 11) is 1.81. The van der Waals surface area contributed by atoms with Crippen LogP contribution in [0.15, 0.2) is 18.2 Å². The van der Waals surface area contributed by atoms with E-state index in [0.717, 1.165) is 37.3 Å². The van der Waals surface area contributed by atoms with Crippen molar-refractivity contribution >= 4 is 11.6 Å². The molecule has 1 N–H and O–H groups in total. The van der Waals surface area contributed by atoms with Crippen molar-refractivity contribution < 1.29 is 4.79 Å². The van der Waals surface area contributed by atoms with Crippen LogP contribution in [-0.4, -0.2) is 44.0 Å². The summed E-state index contributed by atoms with van der Waals surface area (Å²) in [5, 5.41) is 12.7. The van der Waals surface area contributed by atoms with Crippen LogP contribution in [0.25, 0.3) is 0 Å². The molecular formula is C16H22N4O. The van der Waals surface area contributed by atoms with E-state index in [9.17, 15) is 10.1 Å². The maximum Gasteiger partial charge on any atom is 0.241 e. The van der Waals surface area contributed by atoms with Crippen molar-refractivity contribution in [2.24, 2.45) is 0 Å². The number of amides is 1. The molecule has 0 radical (unpaired) electrons. The monoisotopic (exact) mass is 286 g/mol. The van der Waals surface area contributed by atoms with Gasteiger partial charge in [0.25, 0.3) is 0 Å². The summed E-state index contributed by atoms with van der Waals surface area (Å²) in [6, 6.07) is 8.16. The summed E-state index contributed by atoms with van der Waals surface area (Å²) >= 11 is 0. The molecule has 5 nitrogen and oxygen atoms in total. The lowest BCUT2D eigenvalue weighted by Crippen LogP contribution is -2.48. The third-order valence-corrected chi connectivity index (χ3v) is 3.74. The number of carbonyl (C=O) groups is 1. The highest BCUT2D eigenvalue weighted by Gasteiger charge is 2.22. The maximum atomic E-state index is 11.8. The minimum atomic E-state index is 0.0961. The molecule has 1 aliphatic heterocycles. The molecule has 1 saturated heterocycles. The van der Waals surface area contributed by atoms with Crippen LogP contribution in [0.2, 0.25) is 0 Å². The topological polar surface area (TPSA) is 59.4 Å². The molecule has 0 aromatic heterocycles. The van der Waals surface area contributed by atoms with Crippen LogP contribution in [-0.2, 0) is 11.3 Å². The molecule has 5 heteroatoms. The van der Waals surface area contributed by atoms with E-state index < -0.39 is 0 Å². The largest absolute Gasteiger partial charge is 0.359 e. The second kappa shape index (κ2) is 7.09. The number of benzene rings is 1. The molecule has 1 aliphatic rings. The number of nitrogens with zero attached hydrogens (tertiary/aromatic N) is 3. The van der Waals surface area contributed by atoms with E-state index in [-0.39, 0.29) is 5.91 Å². The van der Waals surface area contributed by atoms with Crippen molar-refractivity contribution in [3.05, 3.63) is 29.3 Å². The zero-order valence-electron chi connectivity index (χ0n) is 12.7. The number of piperazine rings is 1. The average Bonchev–Trinajstić information content (AvgIpc) is 2.50. The Morgan fingerprint density at radius 2 is 2.19 bits per heavy atom. The number of nitrogens with one attached hydrogen (secondary N) is 1. The molecule has 0 bridgehead atoms. The van der Waals surface area contributed by atoms with Gasteiger partial charge in [0.2, 0.25) is 5.91 Å². The maximum absolute atomic E-state index is 11.8. The smallest absolute Gasteiger partial charge is 0.241 e. The van der Waals surface area contributed by atoms with Crippen molar-refractivity contribution in [3.8, 4) is 6.07 Å². The Balaban J connectivity index is 2.13. The predicted molar refractivity (Wildman–Crippen MR) is 83.0 cm³/mol. The number of carbonyl (C=O) groups excluding carboxylic acids is 1. The molecule has 0 unspecified atom stereocenters.